The van der Waals surface area contributed by atoms with Crippen LogP contribution in [0.1, 0.15) is 12.5 Å². The van der Waals surface area contributed by atoms with Gasteiger partial charge in [-0.15, -0.1) is 0 Å². The summed E-state index contributed by atoms with van der Waals surface area (Å²) in [5.41, 5.74) is 2.47. The smallest absolute Gasteiger partial charge is 0.325 e. The van der Waals surface area contributed by atoms with Crippen LogP contribution in [0.25, 0.3) is 11.1 Å². The van der Waals surface area contributed by atoms with Crippen molar-refractivity contribution in [3.63, 3.8) is 0 Å². The van der Waals surface area contributed by atoms with Crippen LogP contribution in [0.3, 0.4) is 0 Å². The average Bonchev–Trinajstić information content (AvgIpc) is 3.03. The number of carbonyl (C=O) groups excluding carboxylic acids is 1. The number of anilines is 2. The molecular formula is C19H20ClN5O2. The number of amides is 2. The Morgan fingerprint density at radius 2 is 2.19 bits per heavy atom. The normalized spacial score (nSPS) is 17.4. The Hall–Kier alpha value is -2.80. The maximum absolute atomic E-state index is 12.7. The number of aromatic nitrogens is 2. The van der Waals surface area contributed by atoms with Crippen LogP contribution < -0.4 is 10.2 Å². The first-order chi connectivity index (χ1) is 13.0. The summed E-state index contributed by atoms with van der Waals surface area (Å²) in [7, 11) is 0. The SMILES string of the molecule is Cc1ccc2oc(NC(=O)N3CCN(c4ncccc4Cl)C[C@H]3C)nc2c1. The van der Waals surface area contributed by atoms with Crippen LogP contribution >= 0.6 is 11.6 Å². The summed E-state index contributed by atoms with van der Waals surface area (Å²) in [6.45, 7) is 5.84. The molecule has 0 bridgehead atoms. The summed E-state index contributed by atoms with van der Waals surface area (Å²) in [5.74, 6) is 0.750. The van der Waals surface area contributed by atoms with Gasteiger partial charge in [0.1, 0.15) is 11.3 Å². The minimum Gasteiger partial charge on any atom is -0.423 e. The third-order valence-corrected chi connectivity index (χ3v) is 4.98. The predicted molar refractivity (Wildman–Crippen MR) is 105 cm³/mol. The van der Waals surface area contributed by atoms with Crippen molar-refractivity contribution in [2.75, 3.05) is 29.9 Å². The number of benzene rings is 1. The van der Waals surface area contributed by atoms with Gasteiger partial charge in [0.25, 0.3) is 0 Å². The van der Waals surface area contributed by atoms with Gasteiger partial charge in [-0.2, -0.15) is 4.98 Å². The molecule has 1 aromatic carbocycles. The second-order valence-electron chi connectivity index (χ2n) is 6.72. The number of halogens is 1. The summed E-state index contributed by atoms with van der Waals surface area (Å²) in [6, 6.07) is 9.33. The number of fused-ring (bicyclic) bond motifs is 1. The molecule has 1 N–H and O–H groups in total. The maximum atomic E-state index is 12.7. The van der Waals surface area contributed by atoms with Crippen molar-refractivity contribution in [3.05, 3.63) is 47.1 Å². The van der Waals surface area contributed by atoms with Crippen molar-refractivity contribution < 1.29 is 9.21 Å². The van der Waals surface area contributed by atoms with Gasteiger partial charge < -0.3 is 14.2 Å². The standard InChI is InChI=1S/C19H20ClN5O2/c1-12-5-6-16-15(10-12)22-18(27-16)23-19(26)25-9-8-24(11-13(25)2)17-14(20)4-3-7-21-17/h3-7,10,13H,8-9,11H2,1-2H3,(H,22,23,26)/t13-/m1/s1. The van der Waals surface area contributed by atoms with Crippen molar-refractivity contribution in [3.8, 4) is 0 Å². The van der Waals surface area contributed by atoms with E-state index in [2.05, 4.69) is 20.2 Å². The highest BCUT2D eigenvalue weighted by atomic mass is 35.5. The number of carbonyl (C=O) groups is 1. The second-order valence-corrected chi connectivity index (χ2v) is 7.12. The van der Waals surface area contributed by atoms with Crippen molar-refractivity contribution in [2.45, 2.75) is 19.9 Å². The number of oxazole rings is 1. The molecule has 0 aliphatic carbocycles. The second kappa shape index (κ2) is 7.08. The van der Waals surface area contributed by atoms with E-state index in [1.54, 1.807) is 17.2 Å². The molecule has 2 amide bonds. The molecule has 1 saturated heterocycles. The van der Waals surface area contributed by atoms with Crippen LogP contribution in [0.5, 0.6) is 0 Å². The van der Waals surface area contributed by atoms with E-state index in [0.29, 0.717) is 30.2 Å². The molecule has 0 radical (unpaired) electrons. The van der Waals surface area contributed by atoms with E-state index in [1.165, 1.54) is 0 Å². The maximum Gasteiger partial charge on any atom is 0.325 e. The fourth-order valence-corrected chi connectivity index (χ4v) is 3.56. The Morgan fingerprint density at radius 1 is 1.33 bits per heavy atom. The molecule has 3 aromatic rings. The van der Waals surface area contributed by atoms with Gasteiger partial charge >= 0.3 is 12.0 Å². The lowest BCUT2D eigenvalue weighted by atomic mass is 10.2. The van der Waals surface area contributed by atoms with Crippen LogP contribution in [0.2, 0.25) is 5.02 Å². The number of piperazine rings is 1. The molecule has 1 aliphatic rings. The highest BCUT2D eigenvalue weighted by Crippen LogP contribution is 2.25. The first-order valence-electron chi connectivity index (χ1n) is 8.81. The lowest BCUT2D eigenvalue weighted by molar-refractivity contribution is 0.184. The molecular weight excluding hydrogens is 366 g/mol. The van der Waals surface area contributed by atoms with E-state index in [-0.39, 0.29) is 18.1 Å². The number of hydrogen-bond donors (Lipinski definition) is 1. The average molecular weight is 386 g/mol. The number of aryl methyl sites for hydroxylation is 1. The van der Waals surface area contributed by atoms with Gasteiger partial charge in [-0.1, -0.05) is 17.7 Å². The Kier molecular flexibility index (Phi) is 4.61. The fraction of sp³-hybridized carbons (Fsp3) is 0.316. The molecule has 8 heteroatoms. The van der Waals surface area contributed by atoms with E-state index >= 15 is 0 Å². The molecule has 1 atom stereocenters. The lowest BCUT2D eigenvalue weighted by Gasteiger charge is -2.40. The van der Waals surface area contributed by atoms with Crippen molar-refractivity contribution in [1.29, 1.82) is 0 Å². The Morgan fingerprint density at radius 3 is 2.96 bits per heavy atom. The van der Waals surface area contributed by atoms with Crippen LogP contribution in [0.15, 0.2) is 40.9 Å². The zero-order valence-electron chi connectivity index (χ0n) is 15.1. The molecule has 0 saturated carbocycles. The molecule has 7 nitrogen and oxygen atoms in total. The lowest BCUT2D eigenvalue weighted by Crippen LogP contribution is -2.55. The predicted octanol–water partition coefficient (Wildman–Crippen LogP) is 3.93. The zero-order chi connectivity index (χ0) is 19.0. The van der Waals surface area contributed by atoms with E-state index in [4.69, 9.17) is 16.0 Å². The number of rotatable bonds is 2. The van der Waals surface area contributed by atoms with Crippen LogP contribution in [-0.2, 0) is 0 Å². The summed E-state index contributed by atoms with van der Waals surface area (Å²) in [6.07, 6.45) is 1.72. The van der Waals surface area contributed by atoms with Gasteiger partial charge in [-0.05, 0) is 43.7 Å². The van der Waals surface area contributed by atoms with E-state index in [0.717, 1.165) is 16.9 Å². The van der Waals surface area contributed by atoms with Crippen molar-refractivity contribution in [2.24, 2.45) is 0 Å². The molecule has 4 rings (SSSR count). The van der Waals surface area contributed by atoms with E-state index < -0.39 is 0 Å². The summed E-state index contributed by atoms with van der Waals surface area (Å²) < 4.78 is 5.62. The molecule has 0 spiro atoms. The molecule has 1 aliphatic heterocycles. The summed E-state index contributed by atoms with van der Waals surface area (Å²) in [4.78, 5) is 25.3. The summed E-state index contributed by atoms with van der Waals surface area (Å²) >= 11 is 6.24. The summed E-state index contributed by atoms with van der Waals surface area (Å²) in [5, 5.41) is 3.38. The first-order valence-corrected chi connectivity index (χ1v) is 9.19. The molecule has 2 aromatic heterocycles. The first kappa shape index (κ1) is 17.6. The van der Waals surface area contributed by atoms with E-state index in [1.807, 2.05) is 38.1 Å². The quantitative estimate of drug-likeness (QED) is 0.723. The monoisotopic (exact) mass is 385 g/mol. The third-order valence-electron chi connectivity index (χ3n) is 4.68. The van der Waals surface area contributed by atoms with Crippen molar-refractivity contribution >= 4 is 40.6 Å². The Bertz CT molecular complexity index is 989. The van der Waals surface area contributed by atoms with Gasteiger partial charge in [0, 0.05) is 31.9 Å². The topological polar surface area (TPSA) is 74.5 Å². The molecule has 1 fully saturated rings. The van der Waals surface area contributed by atoms with Crippen LogP contribution in [0.4, 0.5) is 16.6 Å². The Balaban J connectivity index is 1.44. The van der Waals surface area contributed by atoms with Gasteiger partial charge in [0.05, 0.1) is 5.02 Å². The molecule has 0 unspecified atom stereocenters. The highest BCUT2D eigenvalue weighted by molar-refractivity contribution is 6.32. The largest absolute Gasteiger partial charge is 0.423 e. The van der Waals surface area contributed by atoms with Gasteiger partial charge in [-0.25, -0.2) is 9.78 Å². The number of hydrogen-bond acceptors (Lipinski definition) is 5. The minimum absolute atomic E-state index is 0.0107. The van der Waals surface area contributed by atoms with Crippen LogP contribution in [-0.4, -0.2) is 46.6 Å². The van der Waals surface area contributed by atoms with Gasteiger partial charge in [-0.3, -0.25) is 5.32 Å². The zero-order valence-corrected chi connectivity index (χ0v) is 15.9. The molecule has 27 heavy (non-hydrogen) atoms. The number of nitrogens with one attached hydrogen (secondary N) is 1. The minimum atomic E-state index is -0.224. The van der Waals surface area contributed by atoms with Crippen molar-refractivity contribution in [1.82, 2.24) is 14.9 Å². The number of pyridine rings is 1. The van der Waals surface area contributed by atoms with Crippen LogP contribution in [0, 0.1) is 6.92 Å². The molecule has 3 heterocycles. The number of urea groups is 1. The number of nitrogens with zero attached hydrogens (tertiary/aromatic N) is 4. The third kappa shape index (κ3) is 3.55. The fourth-order valence-electron chi connectivity index (χ4n) is 3.32. The van der Waals surface area contributed by atoms with Gasteiger partial charge in [0.15, 0.2) is 5.58 Å². The van der Waals surface area contributed by atoms with Gasteiger partial charge in [0.2, 0.25) is 0 Å². The van der Waals surface area contributed by atoms with E-state index in [9.17, 15) is 4.79 Å². The Labute approximate surface area is 161 Å². The molecule has 140 valence electrons. The highest BCUT2D eigenvalue weighted by Gasteiger charge is 2.29.